The van der Waals surface area contributed by atoms with E-state index in [1.807, 2.05) is 18.4 Å². The Morgan fingerprint density at radius 1 is 1.48 bits per heavy atom. The molecule has 1 N–H and O–H groups in total. The maximum atomic E-state index is 12.3. The summed E-state index contributed by atoms with van der Waals surface area (Å²) in [5, 5.41) is 9.78. The van der Waals surface area contributed by atoms with Gasteiger partial charge in [-0.2, -0.15) is 0 Å². The highest BCUT2D eigenvalue weighted by Crippen LogP contribution is 2.21. The average Bonchev–Trinajstić information content (AvgIpc) is 3.15. The van der Waals surface area contributed by atoms with Crippen molar-refractivity contribution in [3.8, 4) is 0 Å². The lowest BCUT2D eigenvalue weighted by Crippen LogP contribution is -2.45. The summed E-state index contributed by atoms with van der Waals surface area (Å²) >= 11 is 1.11. The second-order valence-electron chi connectivity index (χ2n) is 5.41. The number of hydrogen-bond donors (Lipinski definition) is 1. The first-order chi connectivity index (χ1) is 10.9. The lowest BCUT2D eigenvalue weighted by atomic mass is 10.2. The van der Waals surface area contributed by atoms with E-state index in [2.05, 4.69) is 14.9 Å². The van der Waals surface area contributed by atoms with Gasteiger partial charge in [-0.05, 0) is 25.3 Å². The Balaban J connectivity index is 1.66. The number of sulfonamides is 1. The first-order valence-electron chi connectivity index (χ1n) is 7.10. The number of hydrogen-bond acceptors (Lipinski definition) is 6. The number of aryl methyl sites for hydroxylation is 1. The lowest BCUT2D eigenvalue weighted by molar-refractivity contribution is -0.131. The predicted molar refractivity (Wildman–Crippen MR) is 84.4 cm³/mol. The van der Waals surface area contributed by atoms with Crippen LogP contribution in [0.5, 0.6) is 0 Å². The van der Waals surface area contributed by atoms with Crippen LogP contribution >= 0.6 is 11.3 Å². The Morgan fingerprint density at radius 2 is 2.26 bits per heavy atom. The number of carbonyl (C=O) groups is 1. The number of nitrogens with one attached hydrogen (secondary N) is 1. The number of amides is 1. The standard InChI is InChI=1S/C13H17N5O3S2/c1-9-7-17(8-11-16-15-10(2)18(9)11)12(19)6-14-23(20,21)13-4-3-5-22-13/h3-5,9,14H,6-8H2,1-2H3. The molecule has 23 heavy (non-hydrogen) atoms. The maximum absolute atomic E-state index is 12.3. The van der Waals surface area contributed by atoms with Gasteiger partial charge in [0.05, 0.1) is 19.1 Å². The molecular formula is C13H17N5O3S2. The summed E-state index contributed by atoms with van der Waals surface area (Å²) in [4.78, 5) is 13.9. The molecule has 1 aliphatic heterocycles. The van der Waals surface area contributed by atoms with Gasteiger partial charge >= 0.3 is 0 Å². The Morgan fingerprint density at radius 3 is 2.96 bits per heavy atom. The van der Waals surface area contributed by atoms with Crippen molar-refractivity contribution in [2.45, 2.75) is 30.6 Å². The average molecular weight is 355 g/mol. The summed E-state index contributed by atoms with van der Waals surface area (Å²) in [6.45, 7) is 4.44. The molecule has 0 aliphatic carbocycles. The largest absolute Gasteiger partial charge is 0.332 e. The van der Waals surface area contributed by atoms with Gasteiger partial charge in [-0.3, -0.25) is 4.79 Å². The second kappa shape index (κ2) is 6.02. The maximum Gasteiger partial charge on any atom is 0.250 e. The van der Waals surface area contributed by atoms with Crippen molar-refractivity contribution in [3.05, 3.63) is 29.2 Å². The second-order valence-corrected chi connectivity index (χ2v) is 8.35. The molecule has 0 bridgehead atoms. The fourth-order valence-corrected chi connectivity index (χ4v) is 4.69. The van der Waals surface area contributed by atoms with E-state index in [0.717, 1.165) is 23.0 Å². The molecule has 0 spiro atoms. The van der Waals surface area contributed by atoms with Gasteiger partial charge in [0.1, 0.15) is 10.0 Å². The quantitative estimate of drug-likeness (QED) is 0.863. The van der Waals surface area contributed by atoms with E-state index >= 15 is 0 Å². The van der Waals surface area contributed by atoms with Crippen LogP contribution in [0, 0.1) is 6.92 Å². The highest BCUT2D eigenvalue weighted by Gasteiger charge is 2.28. The zero-order chi connectivity index (χ0) is 16.6. The van der Waals surface area contributed by atoms with Crippen molar-refractivity contribution in [1.82, 2.24) is 24.4 Å². The van der Waals surface area contributed by atoms with Gasteiger partial charge in [0.2, 0.25) is 5.91 Å². The first kappa shape index (κ1) is 16.1. The van der Waals surface area contributed by atoms with E-state index in [1.54, 1.807) is 16.3 Å². The lowest BCUT2D eigenvalue weighted by Gasteiger charge is -2.32. The Kier molecular flexibility index (Phi) is 4.21. The highest BCUT2D eigenvalue weighted by atomic mass is 32.2. The molecule has 2 aromatic heterocycles. The van der Waals surface area contributed by atoms with Gasteiger partial charge in [-0.1, -0.05) is 6.07 Å². The normalized spacial score (nSPS) is 18.0. The molecule has 0 saturated heterocycles. The van der Waals surface area contributed by atoms with Crippen LogP contribution in [-0.2, 0) is 21.4 Å². The van der Waals surface area contributed by atoms with Crippen molar-refractivity contribution in [2.24, 2.45) is 0 Å². The zero-order valence-electron chi connectivity index (χ0n) is 12.8. The molecule has 0 fully saturated rings. The molecule has 3 rings (SSSR count). The molecule has 1 unspecified atom stereocenters. The minimum atomic E-state index is -3.63. The third-order valence-electron chi connectivity index (χ3n) is 3.72. The van der Waals surface area contributed by atoms with E-state index in [-0.39, 0.29) is 22.7 Å². The number of aromatic nitrogens is 3. The monoisotopic (exact) mass is 355 g/mol. The number of thiophene rings is 1. The predicted octanol–water partition coefficient (Wildman–Crippen LogP) is 0.530. The van der Waals surface area contributed by atoms with Crippen molar-refractivity contribution in [3.63, 3.8) is 0 Å². The molecule has 0 saturated carbocycles. The highest BCUT2D eigenvalue weighted by molar-refractivity contribution is 7.91. The Labute approximate surface area is 138 Å². The summed E-state index contributed by atoms with van der Waals surface area (Å²) in [6, 6.07) is 3.22. The number of rotatable bonds is 4. The fraction of sp³-hybridized carbons (Fsp3) is 0.462. The third kappa shape index (κ3) is 3.14. The van der Waals surface area contributed by atoms with Gasteiger partial charge in [0.15, 0.2) is 5.82 Å². The van der Waals surface area contributed by atoms with E-state index in [4.69, 9.17) is 0 Å². The van der Waals surface area contributed by atoms with Crippen LogP contribution in [0.3, 0.4) is 0 Å². The molecule has 124 valence electrons. The Bertz CT molecular complexity index is 813. The zero-order valence-corrected chi connectivity index (χ0v) is 14.4. The van der Waals surface area contributed by atoms with Crippen LogP contribution in [0.4, 0.5) is 0 Å². The van der Waals surface area contributed by atoms with Crippen LogP contribution < -0.4 is 4.72 Å². The van der Waals surface area contributed by atoms with Crippen molar-refractivity contribution in [1.29, 1.82) is 0 Å². The summed E-state index contributed by atoms with van der Waals surface area (Å²) < 4.78 is 28.6. The first-order valence-corrected chi connectivity index (χ1v) is 9.46. The van der Waals surface area contributed by atoms with Gasteiger partial charge in [0, 0.05) is 6.54 Å². The van der Waals surface area contributed by atoms with E-state index in [1.165, 1.54) is 6.07 Å². The van der Waals surface area contributed by atoms with Gasteiger partial charge in [0.25, 0.3) is 10.0 Å². The smallest absolute Gasteiger partial charge is 0.250 e. The minimum absolute atomic E-state index is 0.0617. The summed E-state index contributed by atoms with van der Waals surface area (Å²) in [7, 11) is -3.63. The molecule has 10 heteroatoms. The number of carbonyl (C=O) groups excluding carboxylic acids is 1. The van der Waals surface area contributed by atoms with Crippen molar-refractivity contribution in [2.75, 3.05) is 13.1 Å². The van der Waals surface area contributed by atoms with Crippen LogP contribution in [0.1, 0.15) is 24.6 Å². The topological polar surface area (TPSA) is 97.2 Å². The van der Waals surface area contributed by atoms with Gasteiger partial charge in [-0.15, -0.1) is 21.5 Å². The molecular weight excluding hydrogens is 338 g/mol. The molecule has 1 amide bonds. The fourth-order valence-electron chi connectivity index (χ4n) is 2.68. The molecule has 0 aromatic carbocycles. The number of nitrogens with zero attached hydrogens (tertiary/aromatic N) is 4. The van der Waals surface area contributed by atoms with Crippen LogP contribution in [0.25, 0.3) is 0 Å². The van der Waals surface area contributed by atoms with Crippen LogP contribution in [0.2, 0.25) is 0 Å². The molecule has 2 aromatic rings. The molecule has 1 aliphatic rings. The molecule has 0 radical (unpaired) electrons. The van der Waals surface area contributed by atoms with Gasteiger partial charge < -0.3 is 9.47 Å². The van der Waals surface area contributed by atoms with E-state index in [9.17, 15) is 13.2 Å². The van der Waals surface area contributed by atoms with Crippen molar-refractivity contribution >= 4 is 27.3 Å². The summed E-state index contributed by atoms with van der Waals surface area (Å²) in [5.74, 6) is 1.26. The van der Waals surface area contributed by atoms with E-state index < -0.39 is 10.0 Å². The molecule has 1 atom stereocenters. The van der Waals surface area contributed by atoms with Crippen LogP contribution in [0.15, 0.2) is 21.7 Å². The van der Waals surface area contributed by atoms with Gasteiger partial charge in [-0.25, -0.2) is 13.1 Å². The van der Waals surface area contributed by atoms with Crippen LogP contribution in [-0.4, -0.2) is 47.1 Å². The molecule has 3 heterocycles. The number of fused-ring (bicyclic) bond motifs is 1. The summed E-state index contributed by atoms with van der Waals surface area (Å²) in [5.41, 5.74) is 0. The molecule has 8 nitrogen and oxygen atoms in total. The van der Waals surface area contributed by atoms with E-state index in [0.29, 0.717) is 13.1 Å². The third-order valence-corrected chi connectivity index (χ3v) is 6.52. The summed E-state index contributed by atoms with van der Waals surface area (Å²) in [6.07, 6.45) is 0. The minimum Gasteiger partial charge on any atom is -0.332 e. The van der Waals surface area contributed by atoms with Crippen molar-refractivity contribution < 1.29 is 13.2 Å². The Hall–Kier alpha value is -1.78. The SMILES string of the molecule is Cc1nnc2n1C(C)CN(C(=O)CNS(=O)(=O)c1cccs1)C2.